The van der Waals surface area contributed by atoms with Crippen molar-refractivity contribution in [3.63, 3.8) is 0 Å². The summed E-state index contributed by atoms with van der Waals surface area (Å²) < 4.78 is 5.64. The Morgan fingerprint density at radius 2 is 1.70 bits per heavy atom. The molecule has 1 rings (SSSR count). The number of hydrogen-bond donors (Lipinski definition) is 1. The highest BCUT2D eigenvalue weighted by Crippen LogP contribution is 2.32. The van der Waals surface area contributed by atoms with Gasteiger partial charge in [-0.05, 0) is 39.2 Å². The van der Waals surface area contributed by atoms with Crippen LogP contribution < -0.4 is 5.32 Å². The molecule has 0 bridgehead atoms. The standard InChI is InChI=1S/C18H37N3O2/c1-7-19-13-16(22)20-9-11-21(12-10-20)18(5,6)14-17(3,4)15-23-8-2/h19H,7-15H2,1-6H3. The molecule has 1 aliphatic rings. The molecule has 0 radical (unpaired) electrons. The molecular formula is C18H37N3O2. The number of piperazine rings is 1. The maximum Gasteiger partial charge on any atom is 0.236 e. The zero-order valence-corrected chi connectivity index (χ0v) is 16.1. The van der Waals surface area contributed by atoms with Crippen LogP contribution >= 0.6 is 0 Å². The van der Waals surface area contributed by atoms with Crippen LogP contribution in [0.3, 0.4) is 0 Å². The zero-order valence-electron chi connectivity index (χ0n) is 16.1. The lowest BCUT2D eigenvalue weighted by molar-refractivity contribution is -0.133. The summed E-state index contributed by atoms with van der Waals surface area (Å²) in [7, 11) is 0. The van der Waals surface area contributed by atoms with Gasteiger partial charge in [-0.1, -0.05) is 20.8 Å². The smallest absolute Gasteiger partial charge is 0.236 e. The molecule has 0 aromatic rings. The van der Waals surface area contributed by atoms with E-state index in [1.165, 1.54) is 0 Å². The minimum atomic E-state index is 0.122. The molecule has 5 heteroatoms. The van der Waals surface area contributed by atoms with E-state index in [1.54, 1.807) is 0 Å². The maximum absolute atomic E-state index is 12.1. The molecule has 23 heavy (non-hydrogen) atoms. The van der Waals surface area contributed by atoms with Gasteiger partial charge >= 0.3 is 0 Å². The van der Waals surface area contributed by atoms with Crippen molar-refractivity contribution in [2.75, 3.05) is 52.5 Å². The van der Waals surface area contributed by atoms with Gasteiger partial charge in [-0.3, -0.25) is 9.69 Å². The van der Waals surface area contributed by atoms with E-state index in [0.717, 1.165) is 52.4 Å². The molecule has 0 aliphatic carbocycles. The summed E-state index contributed by atoms with van der Waals surface area (Å²) in [6.07, 6.45) is 1.09. The molecule has 0 aromatic heterocycles. The van der Waals surface area contributed by atoms with E-state index < -0.39 is 0 Å². The van der Waals surface area contributed by atoms with E-state index >= 15 is 0 Å². The average Bonchev–Trinajstić information content (AvgIpc) is 2.49. The molecule has 1 fully saturated rings. The van der Waals surface area contributed by atoms with Gasteiger partial charge in [0.15, 0.2) is 0 Å². The van der Waals surface area contributed by atoms with Crippen molar-refractivity contribution >= 4 is 5.91 Å². The average molecular weight is 328 g/mol. The van der Waals surface area contributed by atoms with E-state index in [1.807, 2.05) is 18.7 Å². The van der Waals surface area contributed by atoms with Gasteiger partial charge in [0, 0.05) is 38.3 Å². The van der Waals surface area contributed by atoms with Gasteiger partial charge in [0.2, 0.25) is 5.91 Å². The quantitative estimate of drug-likeness (QED) is 0.703. The number of nitrogens with one attached hydrogen (secondary N) is 1. The number of nitrogens with zero attached hydrogens (tertiary/aromatic N) is 2. The number of carbonyl (C=O) groups excluding carboxylic acids is 1. The van der Waals surface area contributed by atoms with Crippen molar-refractivity contribution in [3.8, 4) is 0 Å². The predicted octanol–water partition coefficient (Wildman–Crippen LogP) is 1.97. The Morgan fingerprint density at radius 1 is 1.09 bits per heavy atom. The Kier molecular flexibility index (Phi) is 7.98. The van der Waals surface area contributed by atoms with Crippen molar-refractivity contribution < 1.29 is 9.53 Å². The van der Waals surface area contributed by atoms with Crippen LogP contribution in [-0.4, -0.2) is 73.7 Å². The summed E-state index contributed by atoms with van der Waals surface area (Å²) in [5, 5.41) is 3.12. The van der Waals surface area contributed by atoms with E-state index in [0.29, 0.717) is 6.54 Å². The molecule has 1 saturated heterocycles. The first-order valence-electron chi connectivity index (χ1n) is 9.03. The van der Waals surface area contributed by atoms with E-state index in [2.05, 4.69) is 37.9 Å². The minimum absolute atomic E-state index is 0.122. The third-order valence-electron chi connectivity index (χ3n) is 4.62. The molecule has 0 saturated carbocycles. The van der Waals surface area contributed by atoms with Crippen LogP contribution in [0.4, 0.5) is 0 Å². The monoisotopic (exact) mass is 327 g/mol. The summed E-state index contributed by atoms with van der Waals surface area (Å²) in [5.74, 6) is 0.223. The molecule has 1 aliphatic heterocycles. The van der Waals surface area contributed by atoms with Gasteiger partial charge in [0.25, 0.3) is 0 Å². The van der Waals surface area contributed by atoms with Gasteiger partial charge in [0.1, 0.15) is 0 Å². The van der Waals surface area contributed by atoms with E-state index in [4.69, 9.17) is 4.74 Å². The van der Waals surface area contributed by atoms with Gasteiger partial charge in [-0.15, -0.1) is 0 Å². The van der Waals surface area contributed by atoms with Crippen molar-refractivity contribution in [2.45, 2.75) is 53.5 Å². The lowest BCUT2D eigenvalue weighted by Crippen LogP contribution is -2.57. The molecule has 1 heterocycles. The first-order chi connectivity index (χ1) is 10.7. The second-order valence-electron chi connectivity index (χ2n) is 7.94. The Labute approximate surface area is 142 Å². The molecule has 1 N–H and O–H groups in total. The lowest BCUT2D eigenvalue weighted by atomic mass is 9.79. The third kappa shape index (κ3) is 6.77. The Hall–Kier alpha value is -0.650. The molecule has 5 nitrogen and oxygen atoms in total. The number of amides is 1. The first kappa shape index (κ1) is 20.4. The van der Waals surface area contributed by atoms with Gasteiger partial charge in [-0.25, -0.2) is 0 Å². The zero-order chi connectivity index (χ0) is 17.5. The summed E-state index contributed by atoms with van der Waals surface area (Å²) in [5.41, 5.74) is 0.287. The maximum atomic E-state index is 12.1. The fraction of sp³-hybridized carbons (Fsp3) is 0.944. The van der Waals surface area contributed by atoms with Crippen LogP contribution in [0, 0.1) is 5.41 Å². The van der Waals surface area contributed by atoms with E-state index in [9.17, 15) is 4.79 Å². The van der Waals surface area contributed by atoms with Gasteiger partial charge in [0.05, 0.1) is 13.2 Å². The summed E-state index contributed by atoms with van der Waals surface area (Å²) in [4.78, 5) is 16.6. The topological polar surface area (TPSA) is 44.8 Å². The SMILES string of the molecule is CCNCC(=O)N1CCN(C(C)(C)CC(C)(C)COCC)CC1. The summed E-state index contributed by atoms with van der Waals surface area (Å²) in [6, 6.07) is 0. The lowest BCUT2D eigenvalue weighted by Gasteiger charge is -2.47. The molecule has 0 aromatic carbocycles. The van der Waals surface area contributed by atoms with Crippen LogP contribution in [0.25, 0.3) is 0 Å². The van der Waals surface area contributed by atoms with Crippen LogP contribution in [0.5, 0.6) is 0 Å². The summed E-state index contributed by atoms with van der Waals surface area (Å²) in [6.45, 7) is 19.7. The largest absolute Gasteiger partial charge is 0.381 e. The highest BCUT2D eigenvalue weighted by Gasteiger charge is 2.35. The highest BCUT2D eigenvalue weighted by molar-refractivity contribution is 5.78. The second kappa shape index (κ2) is 9.00. The van der Waals surface area contributed by atoms with Crippen molar-refractivity contribution in [1.82, 2.24) is 15.1 Å². The van der Waals surface area contributed by atoms with Crippen molar-refractivity contribution in [3.05, 3.63) is 0 Å². The van der Waals surface area contributed by atoms with E-state index in [-0.39, 0.29) is 16.9 Å². The molecule has 136 valence electrons. The number of rotatable bonds is 9. The summed E-state index contributed by atoms with van der Waals surface area (Å²) >= 11 is 0. The third-order valence-corrected chi connectivity index (χ3v) is 4.62. The fourth-order valence-corrected chi connectivity index (χ4v) is 3.62. The minimum Gasteiger partial charge on any atom is -0.381 e. The van der Waals surface area contributed by atoms with Crippen molar-refractivity contribution in [2.24, 2.45) is 5.41 Å². The van der Waals surface area contributed by atoms with Gasteiger partial charge < -0.3 is 15.0 Å². The Balaban J connectivity index is 2.49. The normalized spacial score (nSPS) is 17.6. The fourth-order valence-electron chi connectivity index (χ4n) is 3.62. The molecule has 0 atom stereocenters. The highest BCUT2D eigenvalue weighted by atomic mass is 16.5. The Morgan fingerprint density at radius 3 is 2.22 bits per heavy atom. The van der Waals surface area contributed by atoms with Gasteiger partial charge in [-0.2, -0.15) is 0 Å². The number of carbonyl (C=O) groups is 1. The molecule has 0 unspecified atom stereocenters. The second-order valence-corrected chi connectivity index (χ2v) is 7.94. The molecular weight excluding hydrogens is 290 g/mol. The Bertz CT molecular complexity index is 361. The molecule has 1 amide bonds. The number of likely N-dealkylation sites (N-methyl/N-ethyl adjacent to an activating group) is 1. The predicted molar refractivity (Wildman–Crippen MR) is 95.7 cm³/mol. The van der Waals surface area contributed by atoms with Crippen LogP contribution in [0.1, 0.15) is 48.0 Å². The van der Waals surface area contributed by atoms with Crippen LogP contribution in [0.15, 0.2) is 0 Å². The van der Waals surface area contributed by atoms with Crippen LogP contribution in [0.2, 0.25) is 0 Å². The molecule has 0 spiro atoms. The first-order valence-corrected chi connectivity index (χ1v) is 9.03. The number of hydrogen-bond acceptors (Lipinski definition) is 4. The van der Waals surface area contributed by atoms with Crippen LogP contribution in [-0.2, 0) is 9.53 Å². The van der Waals surface area contributed by atoms with Crippen molar-refractivity contribution in [1.29, 1.82) is 0 Å². The number of ether oxygens (including phenoxy) is 1.